The molecule has 15 heavy (non-hydrogen) atoms. The Morgan fingerprint density at radius 2 is 1.73 bits per heavy atom. The fraction of sp³-hybridized carbons (Fsp3) is 1.00. The fourth-order valence-corrected chi connectivity index (χ4v) is 2.28. The maximum absolute atomic E-state index is 10.8. The standard InChI is InChI=1S/C9H20O4S.Na/c1-2-3-4-6-9(7-5-8-10)14(11,12)13;/h9-10H,2-8H2,1H3,(H,11,12,13);/q;+1/p-1. The Morgan fingerprint density at radius 1 is 1.20 bits per heavy atom. The minimum atomic E-state index is -4.18. The van der Waals surface area contributed by atoms with Crippen molar-refractivity contribution in [1.29, 1.82) is 0 Å². The average Bonchev–Trinajstić information content (AvgIpc) is 2.09. The minimum absolute atomic E-state index is 0. The topological polar surface area (TPSA) is 77.4 Å². The Morgan fingerprint density at radius 3 is 2.13 bits per heavy atom. The minimum Gasteiger partial charge on any atom is -0.748 e. The monoisotopic (exact) mass is 246 g/mol. The van der Waals surface area contributed by atoms with Crippen LogP contribution in [0.4, 0.5) is 0 Å². The third kappa shape index (κ3) is 9.78. The summed E-state index contributed by atoms with van der Waals surface area (Å²) in [4.78, 5) is 0. The molecule has 0 aromatic heterocycles. The summed E-state index contributed by atoms with van der Waals surface area (Å²) in [7, 11) is -4.18. The van der Waals surface area contributed by atoms with Crippen LogP contribution >= 0.6 is 0 Å². The molecule has 6 heteroatoms. The maximum atomic E-state index is 10.8. The van der Waals surface area contributed by atoms with Crippen molar-refractivity contribution in [3.05, 3.63) is 0 Å². The SMILES string of the molecule is CCCCCC(CCCO)S(=O)(=O)[O-].[Na+]. The van der Waals surface area contributed by atoms with Gasteiger partial charge < -0.3 is 9.66 Å². The molecule has 4 nitrogen and oxygen atoms in total. The third-order valence-electron chi connectivity index (χ3n) is 2.22. The molecule has 0 aliphatic rings. The molecule has 0 aliphatic carbocycles. The predicted molar refractivity (Wildman–Crippen MR) is 53.9 cm³/mol. The van der Waals surface area contributed by atoms with E-state index in [1.807, 2.05) is 6.92 Å². The molecular formula is C9H19NaO4S. The van der Waals surface area contributed by atoms with Crippen LogP contribution in [0.2, 0.25) is 0 Å². The van der Waals surface area contributed by atoms with Crippen molar-refractivity contribution in [2.24, 2.45) is 0 Å². The van der Waals surface area contributed by atoms with Gasteiger partial charge in [0.05, 0.1) is 10.1 Å². The van der Waals surface area contributed by atoms with E-state index in [-0.39, 0.29) is 42.6 Å². The van der Waals surface area contributed by atoms with E-state index < -0.39 is 15.4 Å². The Kier molecular flexibility index (Phi) is 12.2. The van der Waals surface area contributed by atoms with Gasteiger partial charge in [-0.15, -0.1) is 0 Å². The molecule has 1 N–H and O–H groups in total. The normalized spacial score (nSPS) is 13.3. The Labute approximate surface area is 114 Å². The van der Waals surface area contributed by atoms with Gasteiger partial charge in [0.1, 0.15) is 0 Å². The first-order valence-electron chi connectivity index (χ1n) is 5.08. The molecule has 0 spiro atoms. The summed E-state index contributed by atoms with van der Waals surface area (Å²) in [5.74, 6) is 0. The molecule has 1 atom stereocenters. The van der Waals surface area contributed by atoms with Gasteiger partial charge in [-0.3, -0.25) is 0 Å². The first-order chi connectivity index (χ1) is 6.52. The Hall–Kier alpha value is 0.870. The number of hydrogen-bond acceptors (Lipinski definition) is 4. The molecule has 0 saturated heterocycles. The number of aliphatic hydroxyl groups excluding tert-OH is 1. The van der Waals surface area contributed by atoms with Crippen molar-refractivity contribution < 1.29 is 47.6 Å². The van der Waals surface area contributed by atoms with Crippen molar-refractivity contribution in [3.63, 3.8) is 0 Å². The van der Waals surface area contributed by atoms with Gasteiger partial charge >= 0.3 is 29.6 Å². The van der Waals surface area contributed by atoms with E-state index in [9.17, 15) is 13.0 Å². The molecule has 86 valence electrons. The van der Waals surface area contributed by atoms with E-state index in [1.54, 1.807) is 0 Å². The molecule has 0 radical (unpaired) electrons. The first kappa shape index (κ1) is 18.2. The average molecular weight is 246 g/mol. The van der Waals surface area contributed by atoms with E-state index in [2.05, 4.69) is 0 Å². The summed E-state index contributed by atoms with van der Waals surface area (Å²) in [5.41, 5.74) is 0. The Bertz CT molecular complexity index is 228. The van der Waals surface area contributed by atoms with E-state index in [1.165, 1.54) is 0 Å². The van der Waals surface area contributed by atoms with E-state index in [0.29, 0.717) is 12.8 Å². The van der Waals surface area contributed by atoms with Crippen LogP contribution in [0.5, 0.6) is 0 Å². The van der Waals surface area contributed by atoms with Gasteiger partial charge in [0, 0.05) is 11.9 Å². The molecular weight excluding hydrogens is 227 g/mol. The molecule has 0 fully saturated rings. The zero-order valence-electron chi connectivity index (χ0n) is 9.61. The summed E-state index contributed by atoms with van der Waals surface area (Å²) < 4.78 is 32.4. The molecule has 1 unspecified atom stereocenters. The smallest absolute Gasteiger partial charge is 0.748 e. The molecule has 0 aromatic carbocycles. The van der Waals surface area contributed by atoms with Crippen molar-refractivity contribution in [3.8, 4) is 0 Å². The van der Waals surface area contributed by atoms with Gasteiger partial charge in [0.2, 0.25) is 0 Å². The van der Waals surface area contributed by atoms with Crippen LogP contribution in [0.3, 0.4) is 0 Å². The van der Waals surface area contributed by atoms with Crippen molar-refractivity contribution in [1.82, 2.24) is 0 Å². The predicted octanol–water partition coefficient (Wildman–Crippen LogP) is -1.74. The quantitative estimate of drug-likeness (QED) is 0.313. The van der Waals surface area contributed by atoms with Gasteiger partial charge in [-0.1, -0.05) is 26.2 Å². The fourth-order valence-electron chi connectivity index (χ4n) is 1.37. The first-order valence-corrected chi connectivity index (χ1v) is 6.55. The maximum Gasteiger partial charge on any atom is 1.00 e. The van der Waals surface area contributed by atoms with Gasteiger partial charge in [0.15, 0.2) is 0 Å². The van der Waals surface area contributed by atoms with Crippen molar-refractivity contribution in [2.75, 3.05) is 6.61 Å². The second kappa shape index (κ2) is 10.1. The molecule has 0 heterocycles. The summed E-state index contributed by atoms with van der Waals surface area (Å²) in [5, 5.41) is 7.75. The summed E-state index contributed by atoms with van der Waals surface area (Å²) >= 11 is 0. The van der Waals surface area contributed by atoms with Crippen molar-refractivity contribution >= 4 is 10.1 Å². The summed E-state index contributed by atoms with van der Waals surface area (Å²) in [6.45, 7) is 1.97. The summed E-state index contributed by atoms with van der Waals surface area (Å²) in [6.07, 6.45) is 3.83. The van der Waals surface area contributed by atoms with E-state index >= 15 is 0 Å². The second-order valence-corrected chi connectivity index (χ2v) is 5.13. The molecule has 0 saturated carbocycles. The van der Waals surface area contributed by atoms with Gasteiger partial charge in [0.25, 0.3) is 0 Å². The number of rotatable bonds is 8. The molecule has 0 amide bonds. The van der Waals surface area contributed by atoms with Gasteiger partial charge in [-0.2, -0.15) is 0 Å². The Balaban J connectivity index is 0. The van der Waals surface area contributed by atoms with Crippen LogP contribution in [0.1, 0.15) is 45.4 Å². The van der Waals surface area contributed by atoms with Gasteiger partial charge in [-0.25, -0.2) is 8.42 Å². The van der Waals surface area contributed by atoms with Crippen LogP contribution in [0, 0.1) is 0 Å². The van der Waals surface area contributed by atoms with Crippen LogP contribution in [-0.2, 0) is 10.1 Å². The van der Waals surface area contributed by atoms with Crippen molar-refractivity contribution in [2.45, 2.75) is 50.7 Å². The van der Waals surface area contributed by atoms with Crippen LogP contribution in [0.25, 0.3) is 0 Å². The van der Waals surface area contributed by atoms with Crippen LogP contribution < -0.4 is 29.6 Å². The van der Waals surface area contributed by atoms with Gasteiger partial charge in [-0.05, 0) is 19.3 Å². The van der Waals surface area contributed by atoms with E-state index in [4.69, 9.17) is 5.11 Å². The van der Waals surface area contributed by atoms with Crippen LogP contribution in [-0.4, -0.2) is 29.9 Å². The zero-order chi connectivity index (χ0) is 11.0. The molecule has 0 rings (SSSR count). The molecule has 0 bridgehead atoms. The summed E-state index contributed by atoms with van der Waals surface area (Å²) in [6, 6.07) is 0. The molecule has 0 aromatic rings. The van der Waals surface area contributed by atoms with E-state index in [0.717, 1.165) is 19.3 Å². The second-order valence-electron chi connectivity index (χ2n) is 3.48. The number of hydrogen-bond donors (Lipinski definition) is 1. The molecule has 0 aliphatic heterocycles. The zero-order valence-corrected chi connectivity index (χ0v) is 12.4. The number of aliphatic hydroxyl groups is 1. The number of unbranched alkanes of at least 4 members (excludes halogenated alkanes) is 2. The third-order valence-corrected chi connectivity index (χ3v) is 3.51. The largest absolute Gasteiger partial charge is 1.00 e. The van der Waals surface area contributed by atoms with Crippen LogP contribution in [0.15, 0.2) is 0 Å².